The standard InChI is InChI=1S/C26H28FN3O/c27-25-13-22(6-5-18(25)16-28)29-7-9-30(10-8-29)23-11-20-14-26(15-21(20)12-23)24-4-2-1-3-19(24)17-31-26/h1-6,13,20-21,23H,7-12,14-15,17H2/t20-,21+,23-,26+. The highest BCUT2D eigenvalue weighted by Crippen LogP contribution is 2.58. The number of piperazine rings is 1. The van der Waals surface area contributed by atoms with Crippen LogP contribution < -0.4 is 4.90 Å². The fourth-order valence-corrected chi connectivity index (χ4v) is 6.77. The first kappa shape index (κ1) is 19.3. The summed E-state index contributed by atoms with van der Waals surface area (Å²) in [4.78, 5) is 4.90. The molecule has 4 atom stereocenters. The Balaban J connectivity index is 1.07. The highest BCUT2D eigenvalue weighted by atomic mass is 19.1. The average molecular weight is 418 g/mol. The molecule has 0 unspecified atom stereocenters. The molecule has 2 aromatic carbocycles. The summed E-state index contributed by atoms with van der Waals surface area (Å²) in [6.45, 7) is 4.65. The molecule has 4 nitrogen and oxygen atoms in total. The molecule has 2 heterocycles. The maximum Gasteiger partial charge on any atom is 0.143 e. The molecule has 1 saturated heterocycles. The van der Waals surface area contributed by atoms with Crippen molar-refractivity contribution >= 4 is 5.69 Å². The van der Waals surface area contributed by atoms with Crippen LogP contribution in [0, 0.1) is 29.0 Å². The van der Waals surface area contributed by atoms with E-state index in [1.165, 1.54) is 42.9 Å². The molecule has 0 radical (unpaired) electrons. The second-order valence-electron chi connectivity index (χ2n) is 9.79. The summed E-state index contributed by atoms with van der Waals surface area (Å²) in [6.07, 6.45) is 4.91. The van der Waals surface area contributed by atoms with E-state index >= 15 is 0 Å². The van der Waals surface area contributed by atoms with Gasteiger partial charge in [0, 0.05) is 37.9 Å². The van der Waals surface area contributed by atoms with Gasteiger partial charge < -0.3 is 9.64 Å². The Morgan fingerprint density at radius 1 is 1.00 bits per heavy atom. The first-order chi connectivity index (χ1) is 15.1. The van der Waals surface area contributed by atoms with E-state index in [1.807, 2.05) is 12.1 Å². The second-order valence-corrected chi connectivity index (χ2v) is 9.79. The van der Waals surface area contributed by atoms with Crippen molar-refractivity contribution in [3.63, 3.8) is 0 Å². The van der Waals surface area contributed by atoms with Gasteiger partial charge in [-0.2, -0.15) is 5.26 Å². The molecule has 2 saturated carbocycles. The van der Waals surface area contributed by atoms with Crippen LogP contribution in [-0.2, 0) is 16.9 Å². The van der Waals surface area contributed by atoms with Crippen molar-refractivity contribution in [3.8, 4) is 6.07 Å². The number of rotatable bonds is 2. The number of fused-ring (bicyclic) bond motifs is 3. The molecule has 5 heteroatoms. The van der Waals surface area contributed by atoms with Gasteiger partial charge in [-0.1, -0.05) is 24.3 Å². The molecule has 0 bridgehead atoms. The minimum Gasteiger partial charge on any atom is -0.369 e. The van der Waals surface area contributed by atoms with Crippen LogP contribution in [0.3, 0.4) is 0 Å². The van der Waals surface area contributed by atoms with E-state index in [1.54, 1.807) is 6.07 Å². The fourth-order valence-electron chi connectivity index (χ4n) is 6.77. The maximum atomic E-state index is 14.0. The van der Waals surface area contributed by atoms with Gasteiger partial charge >= 0.3 is 0 Å². The molecule has 160 valence electrons. The van der Waals surface area contributed by atoms with Crippen LogP contribution in [0.5, 0.6) is 0 Å². The van der Waals surface area contributed by atoms with Crippen LogP contribution in [0.1, 0.15) is 42.4 Å². The Kier molecular flexibility index (Phi) is 4.55. The molecule has 2 aliphatic heterocycles. The number of nitrogens with zero attached hydrogens (tertiary/aromatic N) is 3. The molecule has 0 amide bonds. The number of benzene rings is 2. The number of hydrogen-bond acceptors (Lipinski definition) is 4. The number of hydrogen-bond donors (Lipinski definition) is 0. The lowest BCUT2D eigenvalue weighted by Gasteiger charge is -2.39. The monoisotopic (exact) mass is 417 g/mol. The number of ether oxygens (including phenoxy) is 1. The van der Waals surface area contributed by atoms with Gasteiger partial charge in [0.1, 0.15) is 11.9 Å². The first-order valence-corrected chi connectivity index (χ1v) is 11.6. The van der Waals surface area contributed by atoms with Gasteiger partial charge in [0.2, 0.25) is 0 Å². The van der Waals surface area contributed by atoms with Crippen LogP contribution >= 0.6 is 0 Å². The molecule has 1 spiro atoms. The number of nitriles is 1. The third-order valence-corrected chi connectivity index (χ3v) is 8.28. The van der Waals surface area contributed by atoms with Gasteiger partial charge in [0.05, 0.1) is 17.8 Å². The van der Waals surface area contributed by atoms with Crippen LogP contribution in [0.4, 0.5) is 10.1 Å². The van der Waals surface area contributed by atoms with Gasteiger partial charge in [-0.25, -0.2) is 4.39 Å². The molecule has 3 fully saturated rings. The van der Waals surface area contributed by atoms with Gasteiger partial charge in [-0.15, -0.1) is 0 Å². The molecule has 0 aromatic heterocycles. The fraction of sp³-hybridized carbons (Fsp3) is 0.500. The third kappa shape index (κ3) is 3.16. The minimum absolute atomic E-state index is 0.0186. The summed E-state index contributed by atoms with van der Waals surface area (Å²) in [5, 5.41) is 8.94. The van der Waals surface area contributed by atoms with Gasteiger partial charge in [0.15, 0.2) is 0 Å². The summed E-state index contributed by atoms with van der Waals surface area (Å²) >= 11 is 0. The predicted molar refractivity (Wildman–Crippen MR) is 117 cm³/mol. The lowest BCUT2D eigenvalue weighted by Crippen LogP contribution is -2.50. The van der Waals surface area contributed by atoms with Crippen molar-refractivity contribution in [1.29, 1.82) is 5.26 Å². The van der Waals surface area contributed by atoms with Crippen LogP contribution in [0.25, 0.3) is 0 Å². The van der Waals surface area contributed by atoms with Crippen LogP contribution in [0.15, 0.2) is 42.5 Å². The van der Waals surface area contributed by atoms with Crippen molar-refractivity contribution in [2.24, 2.45) is 11.8 Å². The largest absolute Gasteiger partial charge is 0.369 e. The zero-order chi connectivity index (χ0) is 21.0. The van der Waals surface area contributed by atoms with Gasteiger partial charge in [0.25, 0.3) is 0 Å². The van der Waals surface area contributed by atoms with E-state index in [2.05, 4.69) is 34.1 Å². The normalized spacial score (nSPS) is 32.3. The molecule has 4 aliphatic rings. The second kappa shape index (κ2) is 7.32. The first-order valence-electron chi connectivity index (χ1n) is 11.6. The van der Waals surface area contributed by atoms with Gasteiger partial charge in [-0.05, 0) is 66.8 Å². The Labute approximate surface area is 183 Å². The van der Waals surface area contributed by atoms with Crippen LogP contribution in [-0.4, -0.2) is 37.1 Å². The summed E-state index contributed by atoms with van der Waals surface area (Å²) in [5.41, 5.74) is 3.82. The molecule has 31 heavy (non-hydrogen) atoms. The molecule has 2 aliphatic carbocycles. The summed E-state index contributed by atoms with van der Waals surface area (Å²) in [7, 11) is 0. The van der Waals surface area contributed by atoms with Crippen molar-refractivity contribution in [3.05, 3.63) is 65.0 Å². The number of halogens is 1. The van der Waals surface area contributed by atoms with E-state index < -0.39 is 5.82 Å². The highest BCUT2D eigenvalue weighted by Gasteiger charge is 2.54. The third-order valence-electron chi connectivity index (χ3n) is 8.28. The lowest BCUT2D eigenvalue weighted by molar-refractivity contribution is -0.0404. The summed E-state index contributed by atoms with van der Waals surface area (Å²) in [5.74, 6) is 1.11. The van der Waals surface area contributed by atoms with Gasteiger partial charge in [-0.3, -0.25) is 4.90 Å². The SMILES string of the molecule is N#Cc1ccc(N2CCN([C@@H]3C[C@@H]4C[C@@]5(C[C@@H]4C3)OCc3ccccc35)CC2)cc1F. The highest BCUT2D eigenvalue weighted by molar-refractivity contribution is 5.51. The van der Waals surface area contributed by atoms with Crippen molar-refractivity contribution in [1.82, 2.24) is 4.90 Å². The van der Waals surface area contributed by atoms with Crippen molar-refractivity contribution in [2.45, 2.75) is 43.9 Å². The molecule has 6 rings (SSSR count). The van der Waals surface area contributed by atoms with Crippen LogP contribution in [0.2, 0.25) is 0 Å². The van der Waals surface area contributed by atoms with Crippen molar-refractivity contribution in [2.75, 3.05) is 31.1 Å². The maximum absolute atomic E-state index is 14.0. The smallest absolute Gasteiger partial charge is 0.143 e. The zero-order valence-corrected chi connectivity index (χ0v) is 17.8. The van der Waals surface area contributed by atoms with E-state index in [9.17, 15) is 4.39 Å². The minimum atomic E-state index is -0.421. The Morgan fingerprint density at radius 2 is 1.74 bits per heavy atom. The Hall–Kier alpha value is -2.42. The zero-order valence-electron chi connectivity index (χ0n) is 17.8. The lowest BCUT2D eigenvalue weighted by atomic mass is 9.88. The molecule has 2 aromatic rings. The van der Waals surface area contributed by atoms with E-state index in [4.69, 9.17) is 10.00 Å². The quantitative estimate of drug-likeness (QED) is 0.725. The molecular formula is C26H28FN3O. The molecule has 0 N–H and O–H groups in total. The molecular weight excluding hydrogens is 389 g/mol. The van der Waals surface area contributed by atoms with E-state index in [0.29, 0.717) is 6.04 Å². The Morgan fingerprint density at radius 3 is 2.45 bits per heavy atom. The summed E-state index contributed by atoms with van der Waals surface area (Å²) < 4.78 is 20.4. The van der Waals surface area contributed by atoms with E-state index in [-0.39, 0.29) is 11.2 Å². The average Bonchev–Trinajstić information content (AvgIpc) is 3.46. The number of anilines is 1. The topological polar surface area (TPSA) is 39.5 Å². The predicted octanol–water partition coefficient (Wildman–Crippen LogP) is 4.43. The van der Waals surface area contributed by atoms with E-state index in [0.717, 1.165) is 50.3 Å². The summed E-state index contributed by atoms with van der Waals surface area (Å²) in [6, 6.07) is 16.3. The Bertz CT molecular complexity index is 1030. The van der Waals surface area contributed by atoms with Crippen molar-refractivity contribution < 1.29 is 9.13 Å².